The summed E-state index contributed by atoms with van der Waals surface area (Å²) >= 11 is 0. The third-order valence-electron chi connectivity index (χ3n) is 1.85. The Balaban J connectivity index is 2.83. The number of hydrogen-bond donors (Lipinski definition) is 2. The first kappa shape index (κ1) is 10.2. The molecule has 0 heterocycles. The summed E-state index contributed by atoms with van der Waals surface area (Å²) in [5, 5.41) is 8.54. The predicted octanol–water partition coefficient (Wildman–Crippen LogP) is 0.649. The summed E-state index contributed by atoms with van der Waals surface area (Å²) in [7, 11) is 1.61. The largest absolute Gasteiger partial charge is 0.481 e. The van der Waals surface area contributed by atoms with Gasteiger partial charge in [-0.25, -0.2) is 0 Å². The van der Waals surface area contributed by atoms with E-state index in [9.17, 15) is 4.79 Å². The molecule has 14 heavy (non-hydrogen) atoms. The second-order valence-corrected chi connectivity index (χ2v) is 2.88. The van der Waals surface area contributed by atoms with Crippen molar-refractivity contribution in [3.8, 4) is 0 Å². The first-order valence-electron chi connectivity index (χ1n) is 4.17. The summed E-state index contributed by atoms with van der Waals surface area (Å²) in [5.74, 6) is -0.387. The van der Waals surface area contributed by atoms with Gasteiger partial charge in [-0.05, 0) is 5.56 Å². The lowest BCUT2D eigenvalue weighted by atomic mass is 10.1. The van der Waals surface area contributed by atoms with Crippen molar-refractivity contribution in [1.82, 2.24) is 0 Å². The summed E-state index contributed by atoms with van der Waals surface area (Å²) < 4.78 is 0. The summed E-state index contributed by atoms with van der Waals surface area (Å²) in [6.45, 7) is 0. The van der Waals surface area contributed by atoms with Crippen LogP contribution in [0.3, 0.4) is 0 Å². The molecule has 0 aliphatic rings. The molecule has 0 unspecified atom stereocenters. The van der Waals surface area contributed by atoms with Crippen LogP contribution in [0.4, 0.5) is 0 Å². The third-order valence-corrected chi connectivity index (χ3v) is 1.85. The second kappa shape index (κ2) is 4.41. The molecule has 0 atom stereocenters. The summed E-state index contributed by atoms with van der Waals surface area (Å²) in [6, 6.07) is 7.00. The Morgan fingerprint density at radius 2 is 2.00 bits per heavy atom. The monoisotopic (exact) mass is 192 g/mol. The van der Waals surface area contributed by atoms with E-state index < -0.39 is 5.97 Å². The van der Waals surface area contributed by atoms with Crippen LogP contribution in [0, 0.1) is 0 Å². The highest BCUT2D eigenvalue weighted by Crippen LogP contribution is 2.04. The van der Waals surface area contributed by atoms with Crippen molar-refractivity contribution in [1.29, 1.82) is 0 Å². The molecule has 0 aliphatic carbocycles. The smallest absolute Gasteiger partial charge is 0.307 e. The van der Waals surface area contributed by atoms with Crippen LogP contribution >= 0.6 is 0 Å². The van der Waals surface area contributed by atoms with Gasteiger partial charge in [0.2, 0.25) is 0 Å². The maximum absolute atomic E-state index is 10.4. The Kier molecular flexibility index (Phi) is 3.23. The molecule has 4 heteroatoms. The van der Waals surface area contributed by atoms with Crippen LogP contribution in [0.1, 0.15) is 11.1 Å². The Hall–Kier alpha value is -1.84. The van der Waals surface area contributed by atoms with Crippen molar-refractivity contribution >= 4 is 11.8 Å². The first-order valence-corrected chi connectivity index (χ1v) is 4.17. The molecule has 0 fully saturated rings. The molecule has 0 aromatic heterocycles. The summed E-state index contributed by atoms with van der Waals surface area (Å²) in [6.07, 6.45) is 0.0312. The fourth-order valence-corrected chi connectivity index (χ4v) is 1.10. The topological polar surface area (TPSA) is 75.7 Å². The number of nitrogens with two attached hydrogens (primary N) is 1. The Morgan fingerprint density at radius 1 is 1.43 bits per heavy atom. The van der Waals surface area contributed by atoms with E-state index in [0.717, 1.165) is 11.1 Å². The Bertz CT molecular complexity index is 355. The second-order valence-electron chi connectivity index (χ2n) is 2.88. The van der Waals surface area contributed by atoms with Gasteiger partial charge in [0, 0.05) is 12.6 Å². The van der Waals surface area contributed by atoms with Crippen LogP contribution in [0.25, 0.3) is 0 Å². The lowest BCUT2D eigenvalue weighted by Crippen LogP contribution is -2.12. The molecular weight excluding hydrogens is 180 g/mol. The van der Waals surface area contributed by atoms with Crippen molar-refractivity contribution < 1.29 is 9.90 Å². The average Bonchev–Trinajstić information content (AvgIpc) is 2.17. The predicted molar refractivity (Wildman–Crippen MR) is 54.4 cm³/mol. The minimum atomic E-state index is -0.838. The van der Waals surface area contributed by atoms with Gasteiger partial charge in [-0.1, -0.05) is 24.3 Å². The minimum absolute atomic E-state index is 0.0312. The zero-order chi connectivity index (χ0) is 10.6. The molecule has 1 aromatic carbocycles. The van der Waals surface area contributed by atoms with E-state index in [1.807, 2.05) is 0 Å². The van der Waals surface area contributed by atoms with Gasteiger partial charge >= 0.3 is 5.97 Å². The molecule has 0 saturated carbocycles. The van der Waals surface area contributed by atoms with E-state index in [1.165, 1.54) is 0 Å². The number of benzene rings is 1. The maximum Gasteiger partial charge on any atom is 0.307 e. The van der Waals surface area contributed by atoms with Crippen molar-refractivity contribution in [3.63, 3.8) is 0 Å². The van der Waals surface area contributed by atoms with Crippen molar-refractivity contribution in [2.24, 2.45) is 10.7 Å². The molecule has 74 valence electrons. The number of aliphatic imine (C=N–C) groups is 1. The van der Waals surface area contributed by atoms with Gasteiger partial charge in [0.1, 0.15) is 5.84 Å². The highest BCUT2D eigenvalue weighted by molar-refractivity contribution is 5.97. The zero-order valence-electron chi connectivity index (χ0n) is 7.90. The number of amidine groups is 1. The van der Waals surface area contributed by atoms with Gasteiger partial charge in [0.25, 0.3) is 0 Å². The molecule has 3 N–H and O–H groups in total. The van der Waals surface area contributed by atoms with Gasteiger partial charge in [-0.3, -0.25) is 9.79 Å². The van der Waals surface area contributed by atoms with E-state index in [4.69, 9.17) is 10.8 Å². The van der Waals surface area contributed by atoms with Gasteiger partial charge in [0.15, 0.2) is 0 Å². The van der Waals surface area contributed by atoms with E-state index in [1.54, 1.807) is 31.3 Å². The van der Waals surface area contributed by atoms with Crippen molar-refractivity contribution in [2.45, 2.75) is 6.42 Å². The number of carboxylic acids is 1. The van der Waals surface area contributed by atoms with Gasteiger partial charge in [-0.15, -0.1) is 0 Å². The number of nitrogens with zero attached hydrogens (tertiary/aromatic N) is 1. The normalized spacial score (nSPS) is 11.4. The Labute approximate surface area is 82.1 Å². The lowest BCUT2D eigenvalue weighted by molar-refractivity contribution is -0.136. The van der Waals surface area contributed by atoms with Gasteiger partial charge in [-0.2, -0.15) is 0 Å². The van der Waals surface area contributed by atoms with Gasteiger partial charge in [0.05, 0.1) is 6.42 Å². The van der Waals surface area contributed by atoms with Crippen LogP contribution in [0.5, 0.6) is 0 Å². The summed E-state index contributed by atoms with van der Waals surface area (Å²) in [5.41, 5.74) is 7.14. The lowest BCUT2D eigenvalue weighted by Gasteiger charge is -2.01. The SMILES string of the molecule is CN=C(N)c1ccc(CC(=O)O)cc1. The van der Waals surface area contributed by atoms with Crippen LogP contribution in [0.2, 0.25) is 0 Å². The standard InChI is InChI=1S/C10H12N2O2/c1-12-10(11)8-4-2-7(3-5-8)6-9(13)14/h2-5H,6H2,1H3,(H2,11,12)(H,13,14). The quantitative estimate of drug-likeness (QED) is 0.545. The third kappa shape index (κ3) is 2.58. The van der Waals surface area contributed by atoms with Crippen LogP contribution < -0.4 is 5.73 Å². The number of carboxylic acid groups (broad SMARTS) is 1. The van der Waals surface area contributed by atoms with E-state index >= 15 is 0 Å². The number of aliphatic carboxylic acids is 1. The Morgan fingerprint density at radius 3 is 2.43 bits per heavy atom. The minimum Gasteiger partial charge on any atom is -0.481 e. The fraction of sp³-hybridized carbons (Fsp3) is 0.200. The number of carbonyl (C=O) groups is 1. The molecule has 0 aliphatic heterocycles. The summed E-state index contributed by atoms with van der Waals surface area (Å²) in [4.78, 5) is 14.2. The van der Waals surface area contributed by atoms with E-state index in [0.29, 0.717) is 5.84 Å². The average molecular weight is 192 g/mol. The molecule has 1 rings (SSSR count). The molecular formula is C10H12N2O2. The van der Waals surface area contributed by atoms with E-state index in [2.05, 4.69) is 4.99 Å². The van der Waals surface area contributed by atoms with Crippen molar-refractivity contribution in [3.05, 3.63) is 35.4 Å². The van der Waals surface area contributed by atoms with Crippen LogP contribution in [-0.4, -0.2) is 24.0 Å². The highest BCUT2D eigenvalue weighted by atomic mass is 16.4. The number of hydrogen-bond acceptors (Lipinski definition) is 2. The zero-order valence-corrected chi connectivity index (χ0v) is 7.90. The fourth-order valence-electron chi connectivity index (χ4n) is 1.10. The van der Waals surface area contributed by atoms with Crippen LogP contribution in [0.15, 0.2) is 29.3 Å². The molecule has 0 spiro atoms. The first-order chi connectivity index (χ1) is 6.63. The van der Waals surface area contributed by atoms with Gasteiger partial charge < -0.3 is 10.8 Å². The van der Waals surface area contributed by atoms with Crippen molar-refractivity contribution in [2.75, 3.05) is 7.05 Å². The highest BCUT2D eigenvalue weighted by Gasteiger charge is 2.01. The molecule has 4 nitrogen and oxygen atoms in total. The maximum atomic E-state index is 10.4. The number of rotatable bonds is 3. The molecule has 0 bridgehead atoms. The van der Waals surface area contributed by atoms with E-state index in [-0.39, 0.29) is 6.42 Å². The molecule has 0 amide bonds. The molecule has 0 saturated heterocycles. The molecule has 1 aromatic rings. The van der Waals surface area contributed by atoms with Crippen LogP contribution in [-0.2, 0) is 11.2 Å². The molecule has 0 radical (unpaired) electrons.